The van der Waals surface area contributed by atoms with Gasteiger partial charge in [0, 0.05) is 11.6 Å². The largest absolute Gasteiger partial charge is 0.236 e. The van der Waals surface area contributed by atoms with Gasteiger partial charge in [-0.05, 0) is 29.3 Å². The van der Waals surface area contributed by atoms with Gasteiger partial charge < -0.3 is 0 Å². The van der Waals surface area contributed by atoms with E-state index in [9.17, 15) is 0 Å². The van der Waals surface area contributed by atoms with Gasteiger partial charge in [-0.2, -0.15) is 0 Å². The molecule has 0 bridgehead atoms. The molecule has 0 aliphatic heterocycles. The van der Waals surface area contributed by atoms with Gasteiger partial charge >= 0.3 is 0 Å². The molecule has 3 heteroatoms. The summed E-state index contributed by atoms with van der Waals surface area (Å²) in [4.78, 5) is 8.06. The lowest BCUT2D eigenvalue weighted by Crippen LogP contribution is -1.87. The van der Waals surface area contributed by atoms with Crippen LogP contribution in [0.5, 0.6) is 0 Å². The van der Waals surface area contributed by atoms with Gasteiger partial charge in [-0.15, -0.1) is 0 Å². The Morgan fingerprint density at radius 1 is 0.941 bits per heavy atom. The molecule has 2 nitrogen and oxygen atoms in total. The molecule has 0 saturated heterocycles. The fourth-order valence-corrected chi connectivity index (χ4v) is 1.70. The summed E-state index contributed by atoms with van der Waals surface area (Å²) < 4.78 is 0. The van der Waals surface area contributed by atoms with E-state index < -0.39 is 0 Å². The van der Waals surface area contributed by atoms with E-state index in [4.69, 9.17) is 11.6 Å². The number of benzene rings is 1. The third kappa shape index (κ3) is 2.60. The van der Waals surface area contributed by atoms with E-state index in [2.05, 4.69) is 23.1 Å². The summed E-state index contributed by atoms with van der Waals surface area (Å²) in [5, 5.41) is 0.430. The first-order valence-corrected chi connectivity index (χ1v) is 5.48. The number of halogens is 1. The van der Waals surface area contributed by atoms with Gasteiger partial charge in [0.2, 0.25) is 0 Å². The second kappa shape index (κ2) is 4.93. The summed E-state index contributed by atoms with van der Waals surface area (Å²) >= 11 is 5.85. The van der Waals surface area contributed by atoms with Gasteiger partial charge in [0.05, 0.1) is 5.69 Å². The van der Waals surface area contributed by atoms with E-state index in [1.807, 2.05) is 18.2 Å². The lowest BCUT2D eigenvalue weighted by atomic mass is 10.0. The molecular formula is C14H11ClN2. The monoisotopic (exact) mass is 242 g/mol. The third-order valence-electron chi connectivity index (χ3n) is 2.38. The fourth-order valence-electron chi connectivity index (χ4n) is 1.55. The van der Waals surface area contributed by atoms with Crippen LogP contribution in [0.25, 0.3) is 23.4 Å². The average Bonchev–Trinajstić information content (AvgIpc) is 2.38. The third-order valence-corrected chi connectivity index (χ3v) is 2.59. The topological polar surface area (TPSA) is 25.8 Å². The minimum atomic E-state index is 0.430. The molecule has 0 aliphatic rings. The van der Waals surface area contributed by atoms with Crippen LogP contribution >= 0.6 is 11.6 Å². The molecule has 2 aromatic rings. The highest BCUT2D eigenvalue weighted by atomic mass is 35.5. The van der Waals surface area contributed by atoms with Crippen molar-refractivity contribution in [1.82, 2.24) is 9.97 Å². The van der Waals surface area contributed by atoms with Gasteiger partial charge in [-0.1, -0.05) is 36.9 Å². The van der Waals surface area contributed by atoms with Crippen molar-refractivity contribution in [2.45, 2.75) is 0 Å². The van der Waals surface area contributed by atoms with Gasteiger partial charge in [0.25, 0.3) is 0 Å². The molecule has 1 aromatic carbocycles. The van der Waals surface area contributed by atoms with E-state index in [1.165, 1.54) is 6.33 Å². The predicted octanol–water partition coefficient (Wildman–Crippen LogP) is 4.08. The van der Waals surface area contributed by atoms with Crippen molar-refractivity contribution in [1.29, 1.82) is 0 Å². The second-order valence-electron chi connectivity index (χ2n) is 3.52. The van der Waals surface area contributed by atoms with Crippen molar-refractivity contribution in [2.24, 2.45) is 0 Å². The number of hydrogen-bond acceptors (Lipinski definition) is 2. The van der Waals surface area contributed by atoms with Crippen molar-refractivity contribution in [3.05, 3.63) is 60.0 Å². The highest BCUT2D eigenvalue weighted by Gasteiger charge is 2.03. The number of hydrogen-bond donors (Lipinski definition) is 0. The molecule has 17 heavy (non-hydrogen) atoms. The molecule has 84 valence electrons. The molecule has 0 atom stereocenters. The normalized spacial score (nSPS) is 9.94. The first-order chi connectivity index (χ1) is 8.22. The Balaban J connectivity index is 2.58. The highest BCUT2D eigenvalue weighted by Crippen LogP contribution is 2.23. The summed E-state index contributed by atoms with van der Waals surface area (Å²) in [5.41, 5.74) is 3.80. The molecule has 0 spiro atoms. The molecule has 0 fully saturated rings. The molecule has 0 unspecified atom stereocenters. The lowest BCUT2D eigenvalue weighted by Gasteiger charge is -2.05. The molecule has 0 amide bonds. The molecule has 1 heterocycles. The Morgan fingerprint density at radius 3 is 2.12 bits per heavy atom. The molecular weight excluding hydrogens is 232 g/mol. The SMILES string of the molecule is C=Cc1cc(C=C)cc(-c2cc(Cl)ncn2)c1. The average molecular weight is 243 g/mol. The number of rotatable bonds is 3. The Kier molecular flexibility index (Phi) is 3.35. The smallest absolute Gasteiger partial charge is 0.133 e. The summed E-state index contributed by atoms with van der Waals surface area (Å²) in [7, 11) is 0. The van der Waals surface area contributed by atoms with Crippen LogP contribution in [0.15, 0.2) is 43.8 Å². The van der Waals surface area contributed by atoms with Crippen molar-refractivity contribution in [3.8, 4) is 11.3 Å². The van der Waals surface area contributed by atoms with Crippen molar-refractivity contribution in [3.63, 3.8) is 0 Å². The maximum absolute atomic E-state index is 5.85. The summed E-state index contributed by atoms with van der Waals surface area (Å²) in [6.45, 7) is 7.53. The molecule has 1 aromatic heterocycles. The summed E-state index contributed by atoms with van der Waals surface area (Å²) in [6, 6.07) is 7.74. The molecule has 0 N–H and O–H groups in total. The number of nitrogens with zero attached hydrogens (tertiary/aromatic N) is 2. The van der Waals surface area contributed by atoms with Crippen LogP contribution in [0.2, 0.25) is 5.15 Å². The molecule has 0 radical (unpaired) electrons. The van der Waals surface area contributed by atoms with Crippen LogP contribution < -0.4 is 0 Å². The maximum atomic E-state index is 5.85. The van der Waals surface area contributed by atoms with Crippen molar-refractivity contribution in [2.75, 3.05) is 0 Å². The molecule has 2 rings (SSSR count). The Hall–Kier alpha value is -1.93. The van der Waals surface area contributed by atoms with Crippen LogP contribution in [0.4, 0.5) is 0 Å². The van der Waals surface area contributed by atoms with Crippen LogP contribution in [0.1, 0.15) is 11.1 Å². The molecule has 0 saturated carbocycles. The van der Waals surface area contributed by atoms with E-state index in [1.54, 1.807) is 18.2 Å². The summed E-state index contributed by atoms with van der Waals surface area (Å²) in [6.07, 6.45) is 5.03. The predicted molar refractivity (Wildman–Crippen MR) is 72.7 cm³/mol. The van der Waals surface area contributed by atoms with Gasteiger partial charge in [0.1, 0.15) is 11.5 Å². The van der Waals surface area contributed by atoms with E-state index in [0.29, 0.717) is 5.15 Å². The second-order valence-corrected chi connectivity index (χ2v) is 3.91. The van der Waals surface area contributed by atoms with Crippen LogP contribution in [-0.2, 0) is 0 Å². The highest BCUT2D eigenvalue weighted by molar-refractivity contribution is 6.29. The van der Waals surface area contributed by atoms with Gasteiger partial charge in [-0.25, -0.2) is 9.97 Å². The minimum absolute atomic E-state index is 0.430. The van der Waals surface area contributed by atoms with Crippen LogP contribution in [-0.4, -0.2) is 9.97 Å². The first-order valence-electron chi connectivity index (χ1n) is 5.11. The van der Waals surface area contributed by atoms with Crippen LogP contribution in [0.3, 0.4) is 0 Å². The van der Waals surface area contributed by atoms with Gasteiger partial charge in [0.15, 0.2) is 0 Å². The Morgan fingerprint density at radius 2 is 1.59 bits per heavy atom. The van der Waals surface area contributed by atoms with Crippen LogP contribution in [0, 0.1) is 0 Å². The van der Waals surface area contributed by atoms with Crippen molar-refractivity contribution < 1.29 is 0 Å². The minimum Gasteiger partial charge on any atom is -0.236 e. The maximum Gasteiger partial charge on any atom is 0.133 e. The first kappa shape index (κ1) is 11.6. The lowest BCUT2D eigenvalue weighted by molar-refractivity contribution is 1.17. The van der Waals surface area contributed by atoms with E-state index >= 15 is 0 Å². The van der Waals surface area contributed by atoms with E-state index in [-0.39, 0.29) is 0 Å². The quantitative estimate of drug-likeness (QED) is 0.758. The summed E-state index contributed by atoms with van der Waals surface area (Å²) in [5.74, 6) is 0. The standard InChI is InChI=1S/C14H11ClN2/c1-3-10-5-11(4-2)7-12(6-10)13-8-14(15)17-9-16-13/h3-9H,1-2H2. The number of aromatic nitrogens is 2. The van der Waals surface area contributed by atoms with Crippen molar-refractivity contribution >= 4 is 23.8 Å². The molecule has 0 aliphatic carbocycles. The zero-order valence-electron chi connectivity index (χ0n) is 9.23. The zero-order chi connectivity index (χ0) is 12.3. The fraction of sp³-hybridized carbons (Fsp3) is 0. The van der Waals surface area contributed by atoms with E-state index in [0.717, 1.165) is 22.4 Å². The van der Waals surface area contributed by atoms with Gasteiger partial charge in [-0.3, -0.25) is 0 Å². The Labute approximate surface area is 105 Å². The zero-order valence-corrected chi connectivity index (χ0v) is 9.98. The Bertz CT molecular complexity index is 550.